The maximum atomic E-state index is 13.2. The Morgan fingerprint density at radius 3 is 1.82 bits per heavy atom. The molecule has 1 fully saturated rings. The normalized spacial score (nSPS) is 14.2. The highest BCUT2D eigenvalue weighted by molar-refractivity contribution is 5.43. The molecular formula is C28H31F2NO2. The summed E-state index contributed by atoms with van der Waals surface area (Å²) in [5, 5.41) is 3.59. The molecule has 1 saturated carbocycles. The minimum Gasteiger partial charge on any atom is -0.485 e. The number of halogens is 2. The van der Waals surface area contributed by atoms with Crippen LogP contribution in [-0.2, 0) is 19.8 Å². The van der Waals surface area contributed by atoms with Gasteiger partial charge in [-0.2, -0.15) is 0 Å². The van der Waals surface area contributed by atoms with Crippen LogP contribution in [0.5, 0.6) is 11.5 Å². The lowest BCUT2D eigenvalue weighted by molar-refractivity contribution is 0.255. The molecule has 33 heavy (non-hydrogen) atoms. The van der Waals surface area contributed by atoms with E-state index in [1.54, 1.807) is 24.3 Å². The van der Waals surface area contributed by atoms with Gasteiger partial charge in [-0.05, 0) is 78.4 Å². The zero-order valence-corrected chi connectivity index (χ0v) is 18.9. The van der Waals surface area contributed by atoms with Gasteiger partial charge in [0.05, 0.1) is 0 Å². The Kier molecular flexibility index (Phi) is 8.31. The van der Waals surface area contributed by atoms with Crippen LogP contribution in [0.3, 0.4) is 0 Å². The molecule has 0 unspecified atom stereocenters. The molecule has 174 valence electrons. The minimum absolute atomic E-state index is 0.270. The average Bonchev–Trinajstić information content (AvgIpc) is 2.85. The Bertz CT molecular complexity index is 999. The van der Waals surface area contributed by atoms with Crippen molar-refractivity contribution in [3.8, 4) is 11.5 Å². The standard InChI is InChI=1S/C28H31F2NO2/c29-25-11-6-22(7-12-25)19-32-27-15-10-24(18-31-17-21-4-2-1-3-5-21)16-28(27)33-20-23-8-13-26(30)14-9-23/h6-16,21,31H,1-5,17-20H2. The van der Waals surface area contributed by atoms with Crippen molar-refractivity contribution in [1.29, 1.82) is 0 Å². The van der Waals surface area contributed by atoms with Crippen LogP contribution in [0.1, 0.15) is 48.8 Å². The summed E-state index contributed by atoms with van der Waals surface area (Å²) >= 11 is 0. The maximum Gasteiger partial charge on any atom is 0.162 e. The summed E-state index contributed by atoms with van der Waals surface area (Å²) in [6.45, 7) is 2.43. The lowest BCUT2D eigenvalue weighted by Crippen LogP contribution is -2.24. The summed E-state index contributed by atoms with van der Waals surface area (Å²) in [4.78, 5) is 0. The van der Waals surface area contributed by atoms with E-state index >= 15 is 0 Å². The van der Waals surface area contributed by atoms with Gasteiger partial charge >= 0.3 is 0 Å². The molecule has 0 saturated heterocycles. The van der Waals surface area contributed by atoms with Crippen molar-refractivity contribution in [3.05, 3.63) is 95.1 Å². The van der Waals surface area contributed by atoms with E-state index in [9.17, 15) is 8.78 Å². The van der Waals surface area contributed by atoms with E-state index in [2.05, 4.69) is 5.32 Å². The van der Waals surface area contributed by atoms with Gasteiger partial charge in [0.15, 0.2) is 11.5 Å². The van der Waals surface area contributed by atoms with Crippen molar-refractivity contribution in [2.24, 2.45) is 5.92 Å². The lowest BCUT2D eigenvalue weighted by atomic mass is 9.89. The van der Waals surface area contributed by atoms with Gasteiger partial charge in [0, 0.05) is 6.54 Å². The fraction of sp³-hybridized carbons (Fsp3) is 0.357. The van der Waals surface area contributed by atoms with Gasteiger partial charge in [-0.15, -0.1) is 0 Å². The van der Waals surface area contributed by atoms with E-state index in [0.29, 0.717) is 24.7 Å². The first-order chi connectivity index (χ1) is 16.2. The van der Waals surface area contributed by atoms with E-state index in [0.717, 1.165) is 35.7 Å². The predicted molar refractivity (Wildman–Crippen MR) is 126 cm³/mol. The first kappa shape index (κ1) is 23.2. The van der Waals surface area contributed by atoms with Gasteiger partial charge in [0.2, 0.25) is 0 Å². The summed E-state index contributed by atoms with van der Waals surface area (Å²) < 4.78 is 38.5. The predicted octanol–water partition coefficient (Wildman–Crippen LogP) is 6.79. The molecule has 3 aromatic rings. The monoisotopic (exact) mass is 451 g/mol. The number of hydrogen-bond acceptors (Lipinski definition) is 3. The topological polar surface area (TPSA) is 30.5 Å². The zero-order chi connectivity index (χ0) is 22.9. The van der Waals surface area contributed by atoms with Crippen LogP contribution in [0.25, 0.3) is 0 Å². The third-order valence-electron chi connectivity index (χ3n) is 6.11. The van der Waals surface area contributed by atoms with Crippen molar-refractivity contribution in [2.45, 2.75) is 51.9 Å². The molecule has 0 heterocycles. The molecule has 0 spiro atoms. The van der Waals surface area contributed by atoms with Crippen LogP contribution in [0.15, 0.2) is 66.7 Å². The largest absolute Gasteiger partial charge is 0.485 e. The van der Waals surface area contributed by atoms with E-state index < -0.39 is 0 Å². The molecule has 5 heteroatoms. The van der Waals surface area contributed by atoms with E-state index in [1.807, 2.05) is 18.2 Å². The second kappa shape index (κ2) is 11.8. The van der Waals surface area contributed by atoms with Crippen molar-refractivity contribution >= 4 is 0 Å². The first-order valence-electron chi connectivity index (χ1n) is 11.7. The molecule has 1 aliphatic rings. The molecule has 0 aromatic heterocycles. The number of hydrogen-bond donors (Lipinski definition) is 1. The molecule has 3 aromatic carbocycles. The van der Waals surface area contributed by atoms with Crippen LogP contribution >= 0.6 is 0 Å². The summed E-state index contributed by atoms with van der Waals surface area (Å²) in [5.74, 6) is 1.49. The van der Waals surface area contributed by atoms with Gasteiger partial charge < -0.3 is 14.8 Å². The van der Waals surface area contributed by atoms with E-state index in [4.69, 9.17) is 9.47 Å². The quantitative estimate of drug-likeness (QED) is 0.368. The number of nitrogens with one attached hydrogen (secondary N) is 1. The zero-order valence-electron chi connectivity index (χ0n) is 18.9. The third-order valence-corrected chi connectivity index (χ3v) is 6.11. The van der Waals surface area contributed by atoms with Gasteiger partial charge in [-0.25, -0.2) is 8.78 Å². The fourth-order valence-electron chi connectivity index (χ4n) is 4.19. The van der Waals surface area contributed by atoms with Gasteiger partial charge in [-0.3, -0.25) is 0 Å². The maximum absolute atomic E-state index is 13.2. The van der Waals surface area contributed by atoms with E-state index in [1.165, 1.54) is 56.4 Å². The lowest BCUT2D eigenvalue weighted by Gasteiger charge is -2.22. The van der Waals surface area contributed by atoms with Crippen molar-refractivity contribution in [2.75, 3.05) is 6.54 Å². The highest BCUT2D eigenvalue weighted by atomic mass is 19.1. The molecule has 3 nitrogen and oxygen atoms in total. The second-order valence-corrected chi connectivity index (χ2v) is 8.75. The van der Waals surface area contributed by atoms with Gasteiger partial charge in [0.25, 0.3) is 0 Å². The Labute approximate surface area is 194 Å². The van der Waals surface area contributed by atoms with Gasteiger partial charge in [-0.1, -0.05) is 49.6 Å². The SMILES string of the molecule is Fc1ccc(COc2ccc(CNCC3CCCCC3)cc2OCc2ccc(F)cc2)cc1. The second-order valence-electron chi connectivity index (χ2n) is 8.75. The van der Waals surface area contributed by atoms with Crippen LogP contribution in [0.4, 0.5) is 8.78 Å². The third kappa shape index (κ3) is 7.29. The molecule has 0 aliphatic heterocycles. The summed E-state index contributed by atoms with van der Waals surface area (Å²) in [7, 11) is 0. The molecule has 0 bridgehead atoms. The van der Waals surface area contributed by atoms with Crippen LogP contribution in [0, 0.1) is 17.6 Å². The number of ether oxygens (including phenoxy) is 2. The average molecular weight is 452 g/mol. The van der Waals surface area contributed by atoms with Crippen LogP contribution in [-0.4, -0.2) is 6.54 Å². The minimum atomic E-state index is -0.271. The summed E-state index contributed by atoms with van der Waals surface area (Å²) in [5.41, 5.74) is 2.87. The Morgan fingerprint density at radius 1 is 0.667 bits per heavy atom. The highest BCUT2D eigenvalue weighted by Gasteiger charge is 2.13. The molecule has 0 amide bonds. The van der Waals surface area contributed by atoms with Crippen LogP contribution < -0.4 is 14.8 Å². The van der Waals surface area contributed by atoms with Crippen molar-refractivity contribution in [3.63, 3.8) is 0 Å². The van der Waals surface area contributed by atoms with E-state index in [-0.39, 0.29) is 11.6 Å². The fourth-order valence-corrected chi connectivity index (χ4v) is 4.19. The molecule has 1 aliphatic carbocycles. The Balaban J connectivity index is 1.41. The Morgan fingerprint density at radius 2 is 1.21 bits per heavy atom. The molecule has 0 atom stereocenters. The van der Waals surface area contributed by atoms with Gasteiger partial charge in [0.1, 0.15) is 24.8 Å². The Hall–Kier alpha value is -2.92. The van der Waals surface area contributed by atoms with Crippen LogP contribution in [0.2, 0.25) is 0 Å². The molecular weight excluding hydrogens is 420 g/mol. The summed E-state index contributed by atoms with van der Waals surface area (Å²) in [6.07, 6.45) is 6.68. The molecule has 1 N–H and O–H groups in total. The molecule has 4 rings (SSSR count). The highest BCUT2D eigenvalue weighted by Crippen LogP contribution is 2.30. The smallest absolute Gasteiger partial charge is 0.162 e. The number of benzene rings is 3. The van der Waals surface area contributed by atoms with Crippen molar-refractivity contribution in [1.82, 2.24) is 5.32 Å². The summed E-state index contributed by atoms with van der Waals surface area (Å²) in [6, 6.07) is 18.5. The first-order valence-corrected chi connectivity index (χ1v) is 11.7. The van der Waals surface area contributed by atoms with Crippen molar-refractivity contribution < 1.29 is 18.3 Å². The number of rotatable bonds is 10. The molecule has 0 radical (unpaired) electrons.